The molecular weight excluding hydrogens is 430 g/mol. The molecule has 0 saturated carbocycles. The number of rotatable bonds is 4. The van der Waals surface area contributed by atoms with E-state index in [9.17, 15) is 9.59 Å². The number of carbonyl (C=O) groups excluding carboxylic acids is 1. The van der Waals surface area contributed by atoms with E-state index in [1.165, 1.54) is 10.1 Å². The van der Waals surface area contributed by atoms with Crippen LogP contribution >= 0.6 is 12.4 Å². The minimum atomic E-state index is -0.439. The van der Waals surface area contributed by atoms with Gasteiger partial charge in [-0.05, 0) is 62.5 Å². The van der Waals surface area contributed by atoms with E-state index >= 15 is 0 Å². The molecule has 1 aromatic carbocycles. The molecule has 1 aromatic heterocycles. The minimum Gasteiger partial charge on any atom is -0.328 e. The van der Waals surface area contributed by atoms with E-state index in [2.05, 4.69) is 15.2 Å². The smallest absolute Gasteiger partial charge is 0.328 e. The fourth-order valence-electron chi connectivity index (χ4n) is 4.18. The lowest BCUT2D eigenvalue weighted by atomic mass is 10.1. The van der Waals surface area contributed by atoms with Crippen LogP contribution in [0.25, 0.3) is 5.69 Å². The van der Waals surface area contributed by atoms with E-state index in [0.717, 1.165) is 51.0 Å². The van der Waals surface area contributed by atoms with Crippen molar-refractivity contribution in [2.24, 2.45) is 11.5 Å². The Balaban J connectivity index is 0.00000289. The number of urea groups is 1. The van der Waals surface area contributed by atoms with Crippen molar-refractivity contribution in [1.29, 1.82) is 0 Å². The quantitative estimate of drug-likeness (QED) is 0.634. The van der Waals surface area contributed by atoms with Crippen LogP contribution in [0.15, 0.2) is 41.3 Å². The van der Waals surface area contributed by atoms with Crippen LogP contribution in [-0.4, -0.2) is 63.6 Å². The third-order valence-corrected chi connectivity index (χ3v) is 6.04. The van der Waals surface area contributed by atoms with Gasteiger partial charge in [0, 0.05) is 37.9 Å². The molecule has 9 nitrogen and oxygen atoms in total. The van der Waals surface area contributed by atoms with Gasteiger partial charge in [-0.15, -0.1) is 12.4 Å². The Bertz CT molecular complexity index is 957. The molecule has 4 rings (SSSR count). The molecule has 2 fully saturated rings. The fraction of sp³-hybridized carbons (Fsp3) is 0.500. The second-order valence-electron chi connectivity index (χ2n) is 8.52. The first-order valence-electron chi connectivity index (χ1n) is 11.0. The van der Waals surface area contributed by atoms with Crippen molar-refractivity contribution in [2.75, 3.05) is 31.5 Å². The van der Waals surface area contributed by atoms with Gasteiger partial charge in [0.2, 0.25) is 0 Å². The molecule has 2 saturated heterocycles. The van der Waals surface area contributed by atoms with Crippen LogP contribution in [0.5, 0.6) is 0 Å². The van der Waals surface area contributed by atoms with Crippen molar-refractivity contribution in [3.8, 4) is 5.69 Å². The van der Waals surface area contributed by atoms with Gasteiger partial charge < -0.3 is 16.4 Å². The van der Waals surface area contributed by atoms with E-state index < -0.39 is 5.69 Å². The molecule has 2 aromatic rings. The predicted molar refractivity (Wildman–Crippen MR) is 127 cm³/mol. The van der Waals surface area contributed by atoms with Gasteiger partial charge in [-0.25, -0.2) is 9.59 Å². The van der Waals surface area contributed by atoms with E-state index in [0.29, 0.717) is 19.1 Å². The average molecular weight is 462 g/mol. The summed E-state index contributed by atoms with van der Waals surface area (Å²) in [7, 11) is 0. The molecule has 0 radical (unpaired) electrons. The zero-order valence-electron chi connectivity index (χ0n) is 18.2. The highest BCUT2D eigenvalue weighted by Crippen LogP contribution is 2.15. The maximum Gasteiger partial charge on any atom is 0.354 e. The average Bonchev–Trinajstić information content (AvgIpc) is 2.76. The van der Waals surface area contributed by atoms with E-state index in [4.69, 9.17) is 11.5 Å². The SMILES string of the molecule is Cl.NC1CCN(Cc2ccc(-n3ccc(NC(=O)N4CCCC(N)C4)nc3=O)cc2)CC1. The third kappa shape index (κ3) is 6.07. The van der Waals surface area contributed by atoms with Crippen LogP contribution in [0, 0.1) is 0 Å². The number of nitrogens with zero attached hydrogens (tertiary/aromatic N) is 4. The number of carbonyl (C=O) groups is 1. The summed E-state index contributed by atoms with van der Waals surface area (Å²) < 4.78 is 1.47. The van der Waals surface area contributed by atoms with Crippen molar-refractivity contribution >= 4 is 24.3 Å². The number of aromatic nitrogens is 2. The van der Waals surface area contributed by atoms with Crippen LogP contribution in [0.4, 0.5) is 10.6 Å². The van der Waals surface area contributed by atoms with Crippen LogP contribution in [0.3, 0.4) is 0 Å². The van der Waals surface area contributed by atoms with Gasteiger partial charge in [-0.2, -0.15) is 4.98 Å². The Morgan fingerprint density at radius 2 is 1.75 bits per heavy atom. The Labute approximate surface area is 194 Å². The van der Waals surface area contributed by atoms with Crippen LogP contribution < -0.4 is 22.5 Å². The number of benzene rings is 1. The molecule has 10 heteroatoms. The molecule has 1 atom stereocenters. The van der Waals surface area contributed by atoms with Crippen molar-refractivity contribution in [3.05, 3.63) is 52.6 Å². The van der Waals surface area contributed by atoms with Gasteiger partial charge >= 0.3 is 11.7 Å². The lowest BCUT2D eigenvalue weighted by Crippen LogP contribution is -2.47. The summed E-state index contributed by atoms with van der Waals surface area (Å²) in [6.07, 6.45) is 5.50. The number of nitrogens with two attached hydrogens (primary N) is 2. The summed E-state index contributed by atoms with van der Waals surface area (Å²) in [5.74, 6) is 0.241. The third-order valence-electron chi connectivity index (χ3n) is 6.04. The monoisotopic (exact) mass is 461 g/mol. The maximum absolute atomic E-state index is 12.5. The summed E-state index contributed by atoms with van der Waals surface area (Å²) in [5, 5.41) is 2.70. The van der Waals surface area contributed by atoms with Gasteiger partial charge in [0.05, 0.1) is 5.69 Å². The molecular formula is C22H32ClN7O2. The fourth-order valence-corrected chi connectivity index (χ4v) is 4.18. The maximum atomic E-state index is 12.5. The number of anilines is 1. The number of hydrogen-bond donors (Lipinski definition) is 3. The number of likely N-dealkylation sites (tertiary alicyclic amines) is 2. The molecule has 1 unspecified atom stereocenters. The van der Waals surface area contributed by atoms with Crippen molar-refractivity contribution in [3.63, 3.8) is 0 Å². The van der Waals surface area contributed by atoms with Gasteiger partial charge in [0.15, 0.2) is 0 Å². The van der Waals surface area contributed by atoms with E-state index in [1.807, 2.05) is 24.3 Å². The largest absolute Gasteiger partial charge is 0.354 e. The Morgan fingerprint density at radius 3 is 2.41 bits per heavy atom. The number of halogens is 1. The van der Waals surface area contributed by atoms with Crippen LogP contribution in [0.2, 0.25) is 0 Å². The number of amides is 2. The highest BCUT2D eigenvalue weighted by molar-refractivity contribution is 5.88. The number of hydrogen-bond acceptors (Lipinski definition) is 6. The Kier molecular flexibility index (Phi) is 8.25. The highest BCUT2D eigenvalue weighted by Gasteiger charge is 2.21. The van der Waals surface area contributed by atoms with Crippen molar-refractivity contribution < 1.29 is 4.79 Å². The summed E-state index contributed by atoms with van der Waals surface area (Å²) in [6.45, 7) is 4.09. The molecule has 174 valence electrons. The van der Waals surface area contributed by atoms with Crippen molar-refractivity contribution in [1.82, 2.24) is 19.4 Å². The Hall–Kier alpha value is -2.46. The predicted octanol–water partition coefficient (Wildman–Crippen LogP) is 1.53. The lowest BCUT2D eigenvalue weighted by molar-refractivity contribution is 0.193. The molecule has 0 aliphatic carbocycles. The normalized spacial score (nSPS) is 19.9. The molecule has 5 N–H and O–H groups in total. The standard InChI is InChI=1S/C22H31N7O2.ClH/c23-17-7-11-27(12-8-17)14-16-3-5-19(6-4-16)29-13-9-20(26-22(29)31)25-21(30)28-10-1-2-18(24)15-28;/h3-6,9,13,17-18H,1-2,7-8,10-12,14-15,23-24H2,(H,25,26,30,31);1H. The zero-order chi connectivity index (χ0) is 21.8. The topological polar surface area (TPSA) is 123 Å². The first kappa shape index (κ1) is 24.2. The van der Waals surface area contributed by atoms with Crippen molar-refractivity contribution in [2.45, 2.75) is 44.3 Å². The molecule has 2 aliphatic heterocycles. The molecule has 0 bridgehead atoms. The minimum absolute atomic E-state index is 0. The number of piperidine rings is 2. The highest BCUT2D eigenvalue weighted by atomic mass is 35.5. The van der Waals surface area contributed by atoms with Gasteiger partial charge in [0.1, 0.15) is 5.82 Å². The molecule has 2 aliphatic rings. The molecule has 2 amide bonds. The second-order valence-corrected chi connectivity index (χ2v) is 8.52. The van der Waals surface area contributed by atoms with E-state index in [1.54, 1.807) is 17.2 Å². The van der Waals surface area contributed by atoms with Crippen LogP contribution in [0.1, 0.15) is 31.2 Å². The van der Waals surface area contributed by atoms with Gasteiger partial charge in [-0.1, -0.05) is 12.1 Å². The summed E-state index contributed by atoms with van der Waals surface area (Å²) >= 11 is 0. The lowest BCUT2D eigenvalue weighted by Gasteiger charge is -2.30. The van der Waals surface area contributed by atoms with Gasteiger partial charge in [0.25, 0.3) is 0 Å². The summed E-state index contributed by atoms with van der Waals surface area (Å²) in [6, 6.07) is 9.58. The second kappa shape index (κ2) is 10.9. The summed E-state index contributed by atoms with van der Waals surface area (Å²) in [5.41, 5.74) is 13.4. The summed E-state index contributed by atoms with van der Waals surface area (Å²) in [4.78, 5) is 33.0. The zero-order valence-corrected chi connectivity index (χ0v) is 19.0. The first-order valence-corrected chi connectivity index (χ1v) is 11.0. The molecule has 0 spiro atoms. The molecule has 3 heterocycles. The van der Waals surface area contributed by atoms with Crippen LogP contribution in [-0.2, 0) is 6.54 Å². The Morgan fingerprint density at radius 1 is 1.03 bits per heavy atom. The number of nitrogens with one attached hydrogen (secondary N) is 1. The van der Waals surface area contributed by atoms with Gasteiger partial charge in [-0.3, -0.25) is 14.8 Å². The molecule has 32 heavy (non-hydrogen) atoms. The first-order chi connectivity index (χ1) is 15.0. The van der Waals surface area contributed by atoms with E-state index in [-0.39, 0.29) is 30.3 Å².